The van der Waals surface area contributed by atoms with Gasteiger partial charge in [-0.25, -0.2) is 9.50 Å². The van der Waals surface area contributed by atoms with Crippen LogP contribution in [0.15, 0.2) is 55.0 Å². The Kier molecular flexibility index (Phi) is 4.60. The normalized spacial score (nSPS) is 15.3. The van der Waals surface area contributed by atoms with Gasteiger partial charge in [-0.3, -0.25) is 9.88 Å². The van der Waals surface area contributed by atoms with Crippen LogP contribution in [0.5, 0.6) is 5.75 Å². The van der Waals surface area contributed by atoms with E-state index in [0.717, 1.165) is 60.8 Å². The minimum absolute atomic E-state index is 0.398. The molecule has 0 radical (unpaired) electrons. The molecule has 142 valence electrons. The Morgan fingerprint density at radius 2 is 1.93 bits per heavy atom. The molecule has 1 saturated heterocycles. The molecular weight excluding hydrogens is 354 g/mol. The summed E-state index contributed by atoms with van der Waals surface area (Å²) in [6.07, 6.45) is 3.36. The van der Waals surface area contributed by atoms with Crippen molar-refractivity contribution in [3.8, 4) is 5.75 Å². The van der Waals surface area contributed by atoms with E-state index in [1.54, 1.807) is 10.8 Å². The van der Waals surface area contributed by atoms with Crippen LogP contribution in [0.1, 0.15) is 11.3 Å². The molecule has 1 aliphatic heterocycles. The molecule has 3 aromatic heterocycles. The molecule has 0 bridgehead atoms. The molecule has 0 aliphatic carbocycles. The van der Waals surface area contributed by atoms with Crippen molar-refractivity contribution in [2.75, 3.05) is 26.3 Å². The molecule has 5 rings (SSSR count). The highest BCUT2D eigenvalue weighted by atomic mass is 16.5. The van der Waals surface area contributed by atoms with Crippen molar-refractivity contribution in [1.29, 1.82) is 0 Å². The van der Waals surface area contributed by atoms with Crippen LogP contribution < -0.4 is 4.74 Å². The van der Waals surface area contributed by atoms with Crippen LogP contribution in [-0.4, -0.2) is 50.8 Å². The molecule has 0 atom stereocenters. The lowest BCUT2D eigenvalue weighted by Crippen LogP contribution is -2.35. The number of benzene rings is 1. The number of hydrogen-bond donors (Lipinski definition) is 0. The van der Waals surface area contributed by atoms with E-state index < -0.39 is 0 Å². The maximum atomic E-state index is 6.14. The van der Waals surface area contributed by atoms with Crippen LogP contribution in [-0.2, 0) is 17.9 Å². The molecule has 4 heterocycles. The highest BCUT2D eigenvalue weighted by Gasteiger charge is 2.14. The molecule has 0 spiro atoms. The van der Waals surface area contributed by atoms with Crippen molar-refractivity contribution in [2.45, 2.75) is 13.2 Å². The Morgan fingerprint density at radius 1 is 1.00 bits per heavy atom. The van der Waals surface area contributed by atoms with Crippen LogP contribution in [0.4, 0.5) is 0 Å². The average Bonchev–Trinajstić information content (AvgIpc) is 3.23. The Labute approximate surface area is 162 Å². The van der Waals surface area contributed by atoms with Crippen molar-refractivity contribution in [2.24, 2.45) is 0 Å². The zero-order valence-corrected chi connectivity index (χ0v) is 15.5. The minimum Gasteiger partial charge on any atom is -0.485 e. The van der Waals surface area contributed by atoms with E-state index >= 15 is 0 Å². The van der Waals surface area contributed by atoms with Crippen LogP contribution >= 0.6 is 0 Å². The van der Waals surface area contributed by atoms with Crippen LogP contribution in [0.2, 0.25) is 0 Å². The third-order valence-corrected chi connectivity index (χ3v) is 5.08. The Balaban J connectivity index is 1.42. The largest absolute Gasteiger partial charge is 0.485 e. The Hall–Kier alpha value is -3.03. The van der Waals surface area contributed by atoms with Gasteiger partial charge in [0.05, 0.1) is 18.9 Å². The quantitative estimate of drug-likeness (QED) is 0.534. The smallest absolute Gasteiger partial charge is 0.155 e. The highest BCUT2D eigenvalue weighted by Crippen LogP contribution is 2.28. The summed E-state index contributed by atoms with van der Waals surface area (Å²) >= 11 is 0. The minimum atomic E-state index is 0.398. The van der Waals surface area contributed by atoms with Crippen LogP contribution in [0.25, 0.3) is 16.6 Å². The molecule has 0 amide bonds. The first-order chi connectivity index (χ1) is 13.9. The molecule has 1 fully saturated rings. The Bertz CT molecular complexity index is 1100. The molecule has 7 nitrogen and oxygen atoms in total. The molecule has 7 heteroatoms. The standard InChI is InChI=1S/C21H21N5O2/c1-3-17(26-20(5-1)23-15-24-26)14-28-19-7-6-16(13-25-9-11-27-12-10-25)18-4-2-8-22-21(18)19/h1-8,15H,9-14H2. The monoisotopic (exact) mass is 375 g/mol. The van der Waals surface area contributed by atoms with Gasteiger partial charge in [0.1, 0.15) is 24.2 Å². The number of rotatable bonds is 5. The summed E-state index contributed by atoms with van der Waals surface area (Å²) in [7, 11) is 0. The van der Waals surface area contributed by atoms with Gasteiger partial charge in [-0.2, -0.15) is 5.10 Å². The van der Waals surface area contributed by atoms with Gasteiger partial charge < -0.3 is 9.47 Å². The van der Waals surface area contributed by atoms with E-state index in [0.29, 0.717) is 6.61 Å². The topological polar surface area (TPSA) is 64.8 Å². The predicted molar refractivity (Wildman–Crippen MR) is 105 cm³/mol. The number of ether oxygens (including phenoxy) is 2. The number of hydrogen-bond acceptors (Lipinski definition) is 6. The van der Waals surface area contributed by atoms with Gasteiger partial charge in [-0.05, 0) is 29.8 Å². The Morgan fingerprint density at radius 3 is 2.86 bits per heavy atom. The lowest BCUT2D eigenvalue weighted by molar-refractivity contribution is 0.0343. The van der Waals surface area contributed by atoms with Gasteiger partial charge in [0.25, 0.3) is 0 Å². The molecule has 0 unspecified atom stereocenters. The summed E-state index contributed by atoms with van der Waals surface area (Å²) in [6, 6.07) is 14.1. The van der Waals surface area contributed by atoms with E-state index in [2.05, 4.69) is 32.1 Å². The maximum Gasteiger partial charge on any atom is 0.155 e. The fraction of sp³-hybridized carbons (Fsp3) is 0.286. The van der Waals surface area contributed by atoms with Gasteiger partial charge in [-0.1, -0.05) is 18.2 Å². The SMILES string of the molecule is c1cnc2c(OCc3cccc4ncnn34)ccc(CN3CCOCC3)c2c1. The van der Waals surface area contributed by atoms with Crippen molar-refractivity contribution < 1.29 is 9.47 Å². The van der Waals surface area contributed by atoms with Gasteiger partial charge >= 0.3 is 0 Å². The first-order valence-electron chi connectivity index (χ1n) is 9.46. The second-order valence-electron chi connectivity index (χ2n) is 6.85. The maximum absolute atomic E-state index is 6.14. The summed E-state index contributed by atoms with van der Waals surface area (Å²) < 4.78 is 13.4. The molecular formula is C21H21N5O2. The summed E-state index contributed by atoms with van der Waals surface area (Å²) in [5.74, 6) is 0.776. The third kappa shape index (κ3) is 3.30. The first-order valence-corrected chi connectivity index (χ1v) is 9.46. The number of morpholine rings is 1. The lowest BCUT2D eigenvalue weighted by atomic mass is 10.1. The van der Waals surface area contributed by atoms with Crippen LogP contribution in [0.3, 0.4) is 0 Å². The number of nitrogens with zero attached hydrogens (tertiary/aromatic N) is 5. The highest BCUT2D eigenvalue weighted by molar-refractivity contribution is 5.87. The van der Waals surface area contributed by atoms with Gasteiger partial charge in [0.2, 0.25) is 0 Å². The van der Waals surface area contributed by atoms with Gasteiger partial charge in [0, 0.05) is 31.2 Å². The van der Waals surface area contributed by atoms with E-state index in [1.165, 1.54) is 5.56 Å². The van der Waals surface area contributed by atoms with E-state index in [-0.39, 0.29) is 0 Å². The van der Waals surface area contributed by atoms with Crippen molar-refractivity contribution >= 4 is 16.6 Å². The van der Waals surface area contributed by atoms with E-state index in [1.807, 2.05) is 36.5 Å². The molecule has 0 saturated carbocycles. The van der Waals surface area contributed by atoms with E-state index in [4.69, 9.17) is 9.47 Å². The summed E-state index contributed by atoms with van der Waals surface area (Å²) in [4.78, 5) is 11.2. The van der Waals surface area contributed by atoms with Crippen molar-refractivity contribution in [1.82, 2.24) is 24.5 Å². The summed E-state index contributed by atoms with van der Waals surface area (Å²) in [5, 5.41) is 5.40. The first kappa shape index (κ1) is 17.1. The zero-order chi connectivity index (χ0) is 18.8. The van der Waals surface area contributed by atoms with E-state index in [9.17, 15) is 0 Å². The van der Waals surface area contributed by atoms with Crippen molar-refractivity contribution in [3.63, 3.8) is 0 Å². The van der Waals surface area contributed by atoms with Gasteiger partial charge in [-0.15, -0.1) is 0 Å². The molecule has 4 aromatic rings. The molecule has 1 aromatic carbocycles. The second-order valence-corrected chi connectivity index (χ2v) is 6.85. The fourth-order valence-corrected chi connectivity index (χ4v) is 3.62. The summed E-state index contributed by atoms with van der Waals surface area (Å²) in [5.41, 5.74) is 3.90. The molecule has 0 N–H and O–H groups in total. The fourth-order valence-electron chi connectivity index (χ4n) is 3.62. The average molecular weight is 375 g/mol. The predicted octanol–water partition coefficient (Wildman–Crippen LogP) is 2.69. The number of aromatic nitrogens is 4. The second kappa shape index (κ2) is 7.53. The molecule has 28 heavy (non-hydrogen) atoms. The number of pyridine rings is 2. The third-order valence-electron chi connectivity index (χ3n) is 5.08. The summed E-state index contributed by atoms with van der Waals surface area (Å²) in [6.45, 7) is 4.81. The van der Waals surface area contributed by atoms with Crippen molar-refractivity contribution in [3.05, 3.63) is 66.2 Å². The number of fused-ring (bicyclic) bond motifs is 2. The zero-order valence-electron chi connectivity index (χ0n) is 15.5. The lowest BCUT2D eigenvalue weighted by Gasteiger charge is -2.27. The van der Waals surface area contributed by atoms with Crippen LogP contribution in [0, 0.1) is 0 Å². The van der Waals surface area contributed by atoms with Gasteiger partial charge in [0.15, 0.2) is 5.65 Å². The molecule has 1 aliphatic rings.